The Morgan fingerprint density at radius 1 is 1.35 bits per heavy atom. The van der Waals surface area contributed by atoms with Crippen LogP contribution in [0.15, 0.2) is 22.7 Å². The van der Waals surface area contributed by atoms with Crippen LogP contribution in [0.4, 0.5) is 11.4 Å². The van der Waals surface area contributed by atoms with Crippen LogP contribution in [0.5, 0.6) is 0 Å². The van der Waals surface area contributed by atoms with Crippen molar-refractivity contribution in [3.8, 4) is 0 Å². The van der Waals surface area contributed by atoms with Crippen LogP contribution >= 0.6 is 15.9 Å². The van der Waals surface area contributed by atoms with Crippen molar-refractivity contribution in [3.05, 3.63) is 32.8 Å². The molecule has 1 N–H and O–H groups in total. The second kappa shape index (κ2) is 5.46. The molecule has 1 heterocycles. The predicted octanol–water partition coefficient (Wildman–Crippen LogP) is 2.16. The Morgan fingerprint density at radius 2 is 2.18 bits per heavy atom. The summed E-state index contributed by atoms with van der Waals surface area (Å²) in [6.45, 7) is 3.88. The van der Waals surface area contributed by atoms with Gasteiger partial charge in [0, 0.05) is 36.2 Å². The van der Waals surface area contributed by atoms with Gasteiger partial charge in [0.1, 0.15) is 0 Å². The monoisotopic (exact) mass is 299 g/mol. The Labute approximate surface area is 108 Å². The van der Waals surface area contributed by atoms with Crippen molar-refractivity contribution in [1.82, 2.24) is 5.32 Å². The highest BCUT2D eigenvalue weighted by Gasteiger charge is 2.15. The van der Waals surface area contributed by atoms with Crippen molar-refractivity contribution >= 4 is 27.3 Å². The molecule has 1 saturated heterocycles. The second-order valence-electron chi connectivity index (χ2n) is 3.98. The molecule has 0 aliphatic carbocycles. The third kappa shape index (κ3) is 2.95. The molecule has 0 saturated carbocycles. The number of nitro benzene ring substituents is 1. The van der Waals surface area contributed by atoms with Crippen molar-refractivity contribution in [1.29, 1.82) is 0 Å². The highest BCUT2D eigenvalue weighted by atomic mass is 79.9. The molecule has 2 rings (SSSR count). The lowest BCUT2D eigenvalue weighted by atomic mass is 10.2. The molecule has 6 heteroatoms. The maximum absolute atomic E-state index is 10.7. The first-order valence-corrected chi connectivity index (χ1v) is 6.37. The fourth-order valence-corrected chi connectivity index (χ4v) is 2.57. The number of halogens is 1. The third-order valence-corrected chi connectivity index (χ3v) is 3.46. The third-order valence-electron chi connectivity index (χ3n) is 2.82. The number of hydrogen-bond acceptors (Lipinski definition) is 4. The van der Waals surface area contributed by atoms with E-state index in [2.05, 4.69) is 26.1 Å². The van der Waals surface area contributed by atoms with E-state index in [1.807, 2.05) is 6.07 Å². The smallest absolute Gasteiger partial charge is 0.270 e. The van der Waals surface area contributed by atoms with E-state index in [4.69, 9.17) is 0 Å². The minimum Gasteiger partial charge on any atom is -0.369 e. The lowest BCUT2D eigenvalue weighted by molar-refractivity contribution is -0.384. The van der Waals surface area contributed by atoms with Gasteiger partial charge in [0.25, 0.3) is 5.69 Å². The predicted molar refractivity (Wildman–Crippen MR) is 70.5 cm³/mol. The molecule has 1 aliphatic rings. The molecule has 1 fully saturated rings. The van der Waals surface area contributed by atoms with E-state index in [-0.39, 0.29) is 10.6 Å². The first-order chi connectivity index (χ1) is 8.18. The van der Waals surface area contributed by atoms with E-state index >= 15 is 0 Å². The van der Waals surface area contributed by atoms with Gasteiger partial charge in [-0.25, -0.2) is 0 Å². The van der Waals surface area contributed by atoms with E-state index in [0.717, 1.165) is 42.8 Å². The summed E-state index contributed by atoms with van der Waals surface area (Å²) in [6, 6.07) is 4.93. The zero-order valence-corrected chi connectivity index (χ0v) is 10.9. The molecule has 5 nitrogen and oxygen atoms in total. The molecule has 1 aromatic carbocycles. The number of hydrogen-bond donors (Lipinski definition) is 1. The maximum atomic E-state index is 10.7. The van der Waals surface area contributed by atoms with Crippen molar-refractivity contribution in [2.24, 2.45) is 0 Å². The van der Waals surface area contributed by atoms with Gasteiger partial charge in [-0.15, -0.1) is 0 Å². The Kier molecular flexibility index (Phi) is 3.96. The van der Waals surface area contributed by atoms with Gasteiger partial charge >= 0.3 is 0 Å². The van der Waals surface area contributed by atoms with Crippen molar-refractivity contribution < 1.29 is 4.92 Å². The fourth-order valence-electron chi connectivity index (χ4n) is 1.95. The first-order valence-electron chi connectivity index (χ1n) is 5.58. The number of nitro groups is 1. The van der Waals surface area contributed by atoms with E-state index in [1.165, 1.54) is 0 Å². The van der Waals surface area contributed by atoms with Gasteiger partial charge in [-0.2, -0.15) is 0 Å². The molecule has 92 valence electrons. The molecule has 0 aromatic heterocycles. The van der Waals surface area contributed by atoms with E-state index < -0.39 is 0 Å². The molecule has 1 aliphatic heterocycles. The fraction of sp³-hybridized carbons (Fsp3) is 0.455. The molecule has 17 heavy (non-hydrogen) atoms. The summed E-state index contributed by atoms with van der Waals surface area (Å²) in [4.78, 5) is 12.5. The number of nitrogens with one attached hydrogen (secondary N) is 1. The summed E-state index contributed by atoms with van der Waals surface area (Å²) in [6.07, 6.45) is 1.09. The molecule has 0 radical (unpaired) electrons. The van der Waals surface area contributed by atoms with Crippen LogP contribution in [0.2, 0.25) is 0 Å². The van der Waals surface area contributed by atoms with Gasteiger partial charge in [0.15, 0.2) is 0 Å². The largest absolute Gasteiger partial charge is 0.369 e. The molecule has 0 unspecified atom stereocenters. The Hall–Kier alpha value is -1.14. The van der Waals surface area contributed by atoms with Gasteiger partial charge in [0.05, 0.1) is 10.6 Å². The molecule has 0 atom stereocenters. The minimum atomic E-state index is -0.376. The van der Waals surface area contributed by atoms with Crippen molar-refractivity contribution in [3.63, 3.8) is 0 Å². The summed E-state index contributed by atoms with van der Waals surface area (Å²) in [5.74, 6) is 0. The van der Waals surface area contributed by atoms with Crippen molar-refractivity contribution in [2.45, 2.75) is 6.42 Å². The Bertz CT molecular complexity index is 417. The quantitative estimate of drug-likeness (QED) is 0.671. The van der Waals surface area contributed by atoms with Gasteiger partial charge in [-0.3, -0.25) is 10.1 Å². The molecular formula is C11H14BrN3O2. The molecular weight excluding hydrogens is 286 g/mol. The van der Waals surface area contributed by atoms with Gasteiger partial charge in [-0.05, 0) is 35.0 Å². The first kappa shape index (κ1) is 12.3. The van der Waals surface area contributed by atoms with Crippen LogP contribution in [0.3, 0.4) is 0 Å². The minimum absolute atomic E-state index is 0.119. The van der Waals surface area contributed by atoms with Crippen LogP contribution in [0.1, 0.15) is 6.42 Å². The summed E-state index contributed by atoms with van der Waals surface area (Å²) in [5, 5.41) is 14.0. The van der Waals surface area contributed by atoms with E-state index in [9.17, 15) is 10.1 Å². The Morgan fingerprint density at radius 3 is 2.88 bits per heavy atom. The number of nitrogens with zero attached hydrogens (tertiary/aromatic N) is 2. The number of non-ortho nitro benzene ring substituents is 1. The van der Waals surface area contributed by atoms with Crippen molar-refractivity contribution in [2.75, 3.05) is 31.1 Å². The average Bonchev–Trinajstić information content (AvgIpc) is 2.57. The lowest BCUT2D eigenvalue weighted by Gasteiger charge is -2.23. The average molecular weight is 300 g/mol. The van der Waals surface area contributed by atoms with Crippen LogP contribution in [-0.4, -0.2) is 31.1 Å². The summed E-state index contributed by atoms with van der Waals surface area (Å²) in [5.41, 5.74) is 1.15. The highest BCUT2D eigenvalue weighted by Crippen LogP contribution is 2.30. The molecule has 0 spiro atoms. The van der Waals surface area contributed by atoms with Crippen LogP contribution in [0.25, 0.3) is 0 Å². The standard InChI is InChI=1S/C11H14BrN3O2/c12-10-8-9(15(16)17)2-3-11(10)14-6-1-4-13-5-7-14/h2-3,8,13H,1,4-7H2. The van der Waals surface area contributed by atoms with E-state index in [1.54, 1.807) is 12.1 Å². The van der Waals surface area contributed by atoms with Crippen LogP contribution in [0, 0.1) is 10.1 Å². The zero-order valence-electron chi connectivity index (χ0n) is 9.36. The summed E-state index contributed by atoms with van der Waals surface area (Å²) >= 11 is 3.41. The topological polar surface area (TPSA) is 58.4 Å². The SMILES string of the molecule is O=[N+]([O-])c1ccc(N2CCCNCC2)c(Br)c1. The Balaban J connectivity index is 2.22. The molecule has 1 aromatic rings. The zero-order chi connectivity index (χ0) is 12.3. The molecule has 0 bridgehead atoms. The highest BCUT2D eigenvalue weighted by molar-refractivity contribution is 9.10. The number of anilines is 1. The van der Waals surface area contributed by atoms with Gasteiger partial charge in [-0.1, -0.05) is 0 Å². The number of rotatable bonds is 2. The summed E-state index contributed by atoms with van der Waals surface area (Å²) < 4.78 is 0.786. The summed E-state index contributed by atoms with van der Waals surface area (Å²) in [7, 11) is 0. The van der Waals surface area contributed by atoms with Crippen LogP contribution in [-0.2, 0) is 0 Å². The normalized spacial score (nSPS) is 16.6. The van der Waals surface area contributed by atoms with Gasteiger partial charge in [0.2, 0.25) is 0 Å². The lowest BCUT2D eigenvalue weighted by Crippen LogP contribution is -2.28. The van der Waals surface area contributed by atoms with E-state index in [0.29, 0.717) is 0 Å². The van der Waals surface area contributed by atoms with Gasteiger partial charge < -0.3 is 10.2 Å². The second-order valence-corrected chi connectivity index (χ2v) is 4.84. The maximum Gasteiger partial charge on any atom is 0.270 e. The number of benzene rings is 1. The van der Waals surface area contributed by atoms with Crippen LogP contribution < -0.4 is 10.2 Å². The molecule has 0 amide bonds.